The van der Waals surface area contributed by atoms with Crippen LogP contribution in [0.5, 0.6) is 0 Å². The number of hydrogen-bond acceptors (Lipinski definition) is 3. The first kappa shape index (κ1) is 11.8. The third-order valence-corrected chi connectivity index (χ3v) is 3.16. The van der Waals surface area contributed by atoms with Crippen molar-refractivity contribution in [1.29, 1.82) is 0 Å². The van der Waals surface area contributed by atoms with Gasteiger partial charge in [-0.05, 0) is 44.0 Å². The number of benzene rings is 1. The number of aromatic amines is 1. The zero-order valence-corrected chi connectivity index (χ0v) is 10.5. The minimum absolute atomic E-state index is 0.178. The second kappa shape index (κ2) is 5.10. The van der Waals surface area contributed by atoms with Gasteiger partial charge in [0, 0.05) is 0 Å². The van der Waals surface area contributed by atoms with E-state index in [1.54, 1.807) is 6.33 Å². The van der Waals surface area contributed by atoms with E-state index in [2.05, 4.69) is 52.5 Å². The summed E-state index contributed by atoms with van der Waals surface area (Å²) in [6.07, 6.45) is 2.47. The van der Waals surface area contributed by atoms with Crippen LogP contribution in [-0.2, 0) is 6.42 Å². The van der Waals surface area contributed by atoms with Crippen LogP contribution in [0.3, 0.4) is 0 Å². The fourth-order valence-corrected chi connectivity index (χ4v) is 2.09. The Morgan fingerprint density at radius 1 is 1.29 bits per heavy atom. The molecule has 4 nitrogen and oxygen atoms in total. The molecule has 0 aliphatic carbocycles. The summed E-state index contributed by atoms with van der Waals surface area (Å²) in [5.74, 6) is 0.884. The highest BCUT2D eigenvalue weighted by atomic mass is 15.2. The summed E-state index contributed by atoms with van der Waals surface area (Å²) in [5, 5.41) is 10.1. The van der Waals surface area contributed by atoms with E-state index < -0.39 is 0 Å². The van der Waals surface area contributed by atoms with Gasteiger partial charge in [-0.15, -0.1) is 0 Å². The molecule has 2 N–H and O–H groups in total. The predicted octanol–water partition coefficient (Wildman–Crippen LogP) is 1.92. The standard InChI is InChI=1S/C13H18N4/c1-9-5-4-6-10(2)11(9)7-12(14-3)13-15-8-16-17-13/h4-6,8,12,14H,7H2,1-3H3,(H,15,16,17). The van der Waals surface area contributed by atoms with Crippen LogP contribution in [-0.4, -0.2) is 22.2 Å². The number of hydrogen-bond donors (Lipinski definition) is 2. The number of aromatic nitrogens is 3. The Labute approximate surface area is 101 Å². The van der Waals surface area contributed by atoms with Crippen LogP contribution in [0.2, 0.25) is 0 Å². The van der Waals surface area contributed by atoms with Crippen LogP contribution in [0.15, 0.2) is 24.5 Å². The second-order valence-electron chi connectivity index (χ2n) is 4.29. The third kappa shape index (κ3) is 2.53. The van der Waals surface area contributed by atoms with Gasteiger partial charge < -0.3 is 5.32 Å². The monoisotopic (exact) mass is 230 g/mol. The lowest BCUT2D eigenvalue weighted by Gasteiger charge is -2.16. The molecule has 2 aromatic rings. The predicted molar refractivity (Wildman–Crippen MR) is 67.8 cm³/mol. The van der Waals surface area contributed by atoms with Crippen LogP contribution in [0, 0.1) is 13.8 Å². The summed E-state index contributed by atoms with van der Waals surface area (Å²) >= 11 is 0. The summed E-state index contributed by atoms with van der Waals surface area (Å²) in [5.41, 5.74) is 4.03. The third-order valence-electron chi connectivity index (χ3n) is 3.16. The summed E-state index contributed by atoms with van der Waals surface area (Å²) in [4.78, 5) is 4.21. The first-order valence-corrected chi connectivity index (χ1v) is 5.80. The van der Waals surface area contributed by atoms with Gasteiger partial charge >= 0.3 is 0 Å². The van der Waals surface area contributed by atoms with Gasteiger partial charge in [-0.2, -0.15) is 5.10 Å². The van der Waals surface area contributed by atoms with Crippen LogP contribution in [0.4, 0.5) is 0 Å². The van der Waals surface area contributed by atoms with Crippen molar-refractivity contribution in [3.05, 3.63) is 47.0 Å². The van der Waals surface area contributed by atoms with Crippen molar-refractivity contribution in [3.63, 3.8) is 0 Å². The van der Waals surface area contributed by atoms with Gasteiger partial charge in [0.2, 0.25) is 0 Å². The van der Waals surface area contributed by atoms with Crippen molar-refractivity contribution >= 4 is 0 Å². The molecule has 1 heterocycles. The van der Waals surface area contributed by atoms with Crippen LogP contribution >= 0.6 is 0 Å². The summed E-state index contributed by atoms with van der Waals surface area (Å²) in [6, 6.07) is 6.57. The molecular weight excluding hydrogens is 212 g/mol. The van der Waals surface area contributed by atoms with Gasteiger partial charge in [0.05, 0.1) is 6.04 Å². The number of nitrogens with zero attached hydrogens (tertiary/aromatic N) is 2. The molecule has 90 valence electrons. The SMILES string of the molecule is CNC(Cc1c(C)cccc1C)c1ncn[nH]1. The lowest BCUT2D eigenvalue weighted by atomic mass is 9.96. The molecule has 0 aliphatic rings. The van der Waals surface area contributed by atoms with E-state index >= 15 is 0 Å². The topological polar surface area (TPSA) is 53.6 Å². The molecule has 0 spiro atoms. The summed E-state index contributed by atoms with van der Waals surface area (Å²) in [6.45, 7) is 4.30. The first-order chi connectivity index (χ1) is 8.22. The van der Waals surface area contributed by atoms with Gasteiger partial charge in [-0.25, -0.2) is 4.98 Å². The van der Waals surface area contributed by atoms with Gasteiger partial charge in [0.15, 0.2) is 0 Å². The molecule has 1 unspecified atom stereocenters. The summed E-state index contributed by atoms with van der Waals surface area (Å²) < 4.78 is 0. The maximum Gasteiger partial charge on any atom is 0.141 e. The Morgan fingerprint density at radius 2 is 2.00 bits per heavy atom. The maximum absolute atomic E-state index is 4.21. The van der Waals surface area contributed by atoms with Crippen LogP contribution < -0.4 is 5.32 Å². The van der Waals surface area contributed by atoms with Crippen molar-refractivity contribution in [1.82, 2.24) is 20.5 Å². The lowest BCUT2D eigenvalue weighted by molar-refractivity contribution is 0.557. The molecule has 2 rings (SSSR count). The van der Waals surface area contributed by atoms with E-state index in [4.69, 9.17) is 0 Å². The molecule has 0 saturated heterocycles. The Bertz CT molecular complexity index is 456. The molecule has 0 radical (unpaired) electrons. The molecule has 0 aliphatic heterocycles. The molecule has 0 amide bonds. The molecule has 0 bridgehead atoms. The molecule has 1 aromatic heterocycles. The van der Waals surface area contributed by atoms with E-state index in [9.17, 15) is 0 Å². The molecular formula is C13H18N4. The number of H-pyrrole nitrogens is 1. The van der Waals surface area contributed by atoms with E-state index in [1.807, 2.05) is 7.05 Å². The Morgan fingerprint density at radius 3 is 2.53 bits per heavy atom. The quantitative estimate of drug-likeness (QED) is 0.843. The molecule has 4 heteroatoms. The van der Waals surface area contributed by atoms with E-state index in [-0.39, 0.29) is 6.04 Å². The second-order valence-corrected chi connectivity index (χ2v) is 4.29. The van der Waals surface area contributed by atoms with Gasteiger partial charge in [-0.3, -0.25) is 5.10 Å². The van der Waals surface area contributed by atoms with E-state index in [0.29, 0.717) is 0 Å². The Kier molecular flexibility index (Phi) is 3.54. The van der Waals surface area contributed by atoms with Crippen LogP contribution in [0.1, 0.15) is 28.6 Å². The van der Waals surface area contributed by atoms with E-state index in [1.165, 1.54) is 16.7 Å². The molecule has 17 heavy (non-hydrogen) atoms. The highest BCUT2D eigenvalue weighted by Crippen LogP contribution is 2.20. The minimum atomic E-state index is 0.178. The van der Waals surface area contributed by atoms with Gasteiger partial charge in [0.25, 0.3) is 0 Å². The Hall–Kier alpha value is -1.68. The van der Waals surface area contributed by atoms with Crippen LogP contribution in [0.25, 0.3) is 0 Å². The van der Waals surface area contributed by atoms with Gasteiger partial charge in [-0.1, -0.05) is 18.2 Å². The van der Waals surface area contributed by atoms with E-state index in [0.717, 1.165) is 12.2 Å². The largest absolute Gasteiger partial charge is 0.310 e. The number of likely N-dealkylation sites (N-methyl/N-ethyl adjacent to an activating group) is 1. The number of aryl methyl sites for hydroxylation is 2. The fourth-order valence-electron chi connectivity index (χ4n) is 2.09. The zero-order chi connectivity index (χ0) is 12.3. The van der Waals surface area contributed by atoms with Crippen molar-refractivity contribution < 1.29 is 0 Å². The maximum atomic E-state index is 4.21. The average molecular weight is 230 g/mol. The average Bonchev–Trinajstić information content (AvgIpc) is 2.82. The highest BCUT2D eigenvalue weighted by Gasteiger charge is 2.15. The molecule has 1 aromatic carbocycles. The van der Waals surface area contributed by atoms with Crippen molar-refractivity contribution in [2.24, 2.45) is 0 Å². The highest BCUT2D eigenvalue weighted by molar-refractivity contribution is 5.34. The Balaban J connectivity index is 2.25. The summed E-state index contributed by atoms with van der Waals surface area (Å²) in [7, 11) is 1.95. The van der Waals surface area contributed by atoms with Crippen molar-refractivity contribution in [2.75, 3.05) is 7.05 Å². The normalized spacial score (nSPS) is 12.6. The molecule has 0 saturated carbocycles. The smallest absolute Gasteiger partial charge is 0.141 e. The lowest BCUT2D eigenvalue weighted by Crippen LogP contribution is -2.21. The number of nitrogens with one attached hydrogen (secondary N) is 2. The molecule has 1 atom stereocenters. The molecule has 0 fully saturated rings. The van der Waals surface area contributed by atoms with Crippen molar-refractivity contribution in [3.8, 4) is 0 Å². The first-order valence-electron chi connectivity index (χ1n) is 5.80. The fraction of sp³-hybridized carbons (Fsp3) is 0.385. The van der Waals surface area contributed by atoms with Gasteiger partial charge in [0.1, 0.15) is 12.2 Å². The minimum Gasteiger partial charge on any atom is -0.310 e. The number of rotatable bonds is 4. The zero-order valence-electron chi connectivity index (χ0n) is 10.5. The van der Waals surface area contributed by atoms with Crippen molar-refractivity contribution in [2.45, 2.75) is 26.3 Å².